The summed E-state index contributed by atoms with van der Waals surface area (Å²) in [5.41, 5.74) is 0. The minimum Gasteiger partial charge on any atom is -0.447 e. The summed E-state index contributed by atoms with van der Waals surface area (Å²) >= 11 is 0. The van der Waals surface area contributed by atoms with Gasteiger partial charge in [0.25, 0.3) is 0 Å². The van der Waals surface area contributed by atoms with E-state index < -0.39 is 13.9 Å². The second-order valence-electron chi connectivity index (χ2n) is 2.69. The lowest BCUT2D eigenvalue weighted by Crippen LogP contribution is -2.26. The number of carbonyl (C=O) groups is 1. The predicted octanol–water partition coefficient (Wildman–Crippen LogP) is 1.51. The van der Waals surface area contributed by atoms with E-state index in [2.05, 4.69) is 10.1 Å². The lowest BCUT2D eigenvalue weighted by Gasteiger charge is -2.05. The fraction of sp³-hybridized carbons (Fsp3) is 0.857. The van der Waals surface area contributed by atoms with Crippen molar-refractivity contribution >= 4 is 13.9 Å². The first-order valence-electron chi connectivity index (χ1n) is 3.91. The van der Waals surface area contributed by atoms with Crippen LogP contribution in [0.15, 0.2) is 0 Å². The molecule has 13 heavy (non-hydrogen) atoms. The van der Waals surface area contributed by atoms with Crippen molar-refractivity contribution in [3.05, 3.63) is 0 Å². The van der Waals surface area contributed by atoms with Crippen LogP contribution in [0.3, 0.4) is 0 Å². The van der Waals surface area contributed by atoms with Crippen molar-refractivity contribution in [2.24, 2.45) is 0 Å². The second-order valence-corrected chi connectivity index (χ2v) is 4.23. The molecule has 1 amide bonds. The molecule has 0 aromatic carbocycles. The van der Waals surface area contributed by atoms with Crippen molar-refractivity contribution in [1.29, 1.82) is 0 Å². The maximum Gasteiger partial charge on any atom is 0.410 e. The summed E-state index contributed by atoms with van der Waals surface area (Å²) in [5.74, 6) is 0. The van der Waals surface area contributed by atoms with Crippen LogP contribution in [0.25, 0.3) is 0 Å². The highest BCUT2D eigenvalue weighted by atomic mass is 31.1. The van der Waals surface area contributed by atoms with E-state index in [1.165, 1.54) is 7.11 Å². The molecule has 0 rings (SSSR count). The molecule has 0 aromatic heterocycles. The Kier molecular flexibility index (Phi) is 6.45. The van der Waals surface area contributed by atoms with E-state index in [1.807, 2.05) is 0 Å². The average molecular weight is 208 g/mol. The van der Waals surface area contributed by atoms with Gasteiger partial charge in [0, 0.05) is 7.11 Å². The predicted molar refractivity (Wildman–Crippen MR) is 49.1 cm³/mol. The summed E-state index contributed by atoms with van der Waals surface area (Å²) in [7, 11) is -0.0643. The molecule has 0 radical (unpaired) electrons. The molecular weight excluding hydrogens is 193 g/mol. The number of alkyl carbamates (subject to hydrolysis) is 1. The first-order chi connectivity index (χ1) is 6.06. The van der Waals surface area contributed by atoms with Gasteiger partial charge in [-0.3, -0.25) is 5.32 Å². The fourth-order valence-corrected chi connectivity index (χ4v) is 1.28. The van der Waals surface area contributed by atoms with Crippen molar-refractivity contribution in [2.45, 2.75) is 20.0 Å². The summed E-state index contributed by atoms with van der Waals surface area (Å²) in [6.07, 6.45) is -0.471. The minimum atomic E-state index is -1.52. The summed E-state index contributed by atoms with van der Waals surface area (Å²) in [5, 5.41) is 2.37. The minimum absolute atomic E-state index is 0.0920. The zero-order valence-electron chi connectivity index (χ0n) is 8.07. The molecule has 0 heterocycles. The molecule has 0 aliphatic carbocycles. The van der Waals surface area contributed by atoms with E-state index in [4.69, 9.17) is 4.74 Å². The fourth-order valence-electron chi connectivity index (χ4n) is 0.598. The lowest BCUT2D eigenvalue weighted by atomic mass is 10.5. The van der Waals surface area contributed by atoms with Crippen molar-refractivity contribution < 1.29 is 18.8 Å². The number of methoxy groups -OCH3 is 1. The average Bonchev–Trinajstić information content (AvgIpc) is 2.00. The van der Waals surface area contributed by atoms with Gasteiger partial charge in [0.15, 0.2) is 0 Å². The number of carbonyl (C=O) groups excluding carboxylic acids is 1. The topological polar surface area (TPSA) is 64.6 Å². The summed E-state index contributed by atoms with van der Waals surface area (Å²) in [6.45, 7) is 3.49. The molecule has 1 atom stereocenters. The normalized spacial score (nSPS) is 11.2. The van der Waals surface area contributed by atoms with Crippen LogP contribution < -0.4 is 5.32 Å². The molecule has 76 valence electrons. The van der Waals surface area contributed by atoms with Crippen LogP contribution in [-0.4, -0.2) is 31.9 Å². The van der Waals surface area contributed by atoms with Gasteiger partial charge in [-0.25, -0.2) is 4.79 Å². The third kappa shape index (κ3) is 7.68. The van der Waals surface area contributed by atoms with Crippen molar-refractivity contribution in [3.63, 3.8) is 0 Å². The zero-order chi connectivity index (χ0) is 10.3. The smallest absolute Gasteiger partial charge is 0.410 e. The molecule has 0 aliphatic heterocycles. The van der Waals surface area contributed by atoms with Crippen LogP contribution in [0.2, 0.25) is 0 Å². The van der Waals surface area contributed by atoms with E-state index >= 15 is 0 Å². The van der Waals surface area contributed by atoms with Crippen LogP contribution in [-0.2, 0) is 14.0 Å². The van der Waals surface area contributed by atoms with E-state index in [0.717, 1.165) is 0 Å². The quantitative estimate of drug-likeness (QED) is 0.695. The third-order valence-electron chi connectivity index (χ3n) is 1.02. The molecule has 0 aliphatic rings. The van der Waals surface area contributed by atoms with Gasteiger partial charge in [-0.1, -0.05) is 4.57 Å². The molecule has 0 spiro atoms. The molecule has 0 saturated carbocycles. The maximum atomic E-state index is 11.0. The van der Waals surface area contributed by atoms with Gasteiger partial charge < -0.3 is 9.47 Å². The van der Waals surface area contributed by atoms with Crippen molar-refractivity contribution in [2.75, 3.05) is 19.7 Å². The maximum absolute atomic E-state index is 11.0. The number of ether oxygens (including phenoxy) is 2. The van der Waals surface area contributed by atoms with Crippen molar-refractivity contribution in [3.8, 4) is 0 Å². The molecular formula is C7H15NO4P+. The highest BCUT2D eigenvalue weighted by Gasteiger charge is 2.16. The Balaban J connectivity index is 3.52. The molecule has 6 heteroatoms. The molecule has 1 unspecified atom stereocenters. The van der Waals surface area contributed by atoms with Crippen LogP contribution >= 0.6 is 7.80 Å². The van der Waals surface area contributed by atoms with Crippen LogP contribution in [0.4, 0.5) is 4.79 Å². The summed E-state index contributed by atoms with van der Waals surface area (Å²) in [6, 6.07) is 0. The van der Waals surface area contributed by atoms with E-state index in [0.29, 0.717) is 0 Å². The SMILES string of the molecule is COC[P+](=O)CNC(=O)OC(C)C. The van der Waals surface area contributed by atoms with E-state index in [1.54, 1.807) is 13.8 Å². The standard InChI is InChI=1S/C7H14NO4P/c1-6(2)12-7(9)8-4-13(10)5-11-3/h6H,4-5H2,1-3H3/p+1. The number of amides is 1. The zero-order valence-corrected chi connectivity index (χ0v) is 8.97. The Morgan fingerprint density at radius 3 is 2.62 bits per heavy atom. The number of hydrogen-bond donors (Lipinski definition) is 1. The molecule has 0 aromatic rings. The molecule has 0 fully saturated rings. The van der Waals surface area contributed by atoms with E-state index in [9.17, 15) is 9.36 Å². The lowest BCUT2D eigenvalue weighted by molar-refractivity contribution is 0.117. The van der Waals surface area contributed by atoms with Gasteiger partial charge >= 0.3 is 13.9 Å². The van der Waals surface area contributed by atoms with Crippen LogP contribution in [0, 0.1) is 0 Å². The van der Waals surface area contributed by atoms with Gasteiger partial charge in [-0.2, -0.15) is 0 Å². The largest absolute Gasteiger partial charge is 0.447 e. The Morgan fingerprint density at radius 1 is 1.54 bits per heavy atom. The number of nitrogens with one attached hydrogen (secondary N) is 1. The Hall–Kier alpha value is -0.670. The van der Waals surface area contributed by atoms with Gasteiger partial charge in [0.1, 0.15) is 0 Å². The van der Waals surface area contributed by atoms with Crippen molar-refractivity contribution in [1.82, 2.24) is 5.32 Å². The van der Waals surface area contributed by atoms with Gasteiger partial charge in [-0.05, 0) is 13.8 Å². The molecule has 0 saturated heterocycles. The van der Waals surface area contributed by atoms with E-state index in [-0.39, 0.29) is 18.7 Å². The van der Waals surface area contributed by atoms with Gasteiger partial charge in [0.05, 0.1) is 6.10 Å². The third-order valence-corrected chi connectivity index (χ3v) is 2.07. The highest BCUT2D eigenvalue weighted by molar-refractivity contribution is 7.44. The Bertz CT molecular complexity index is 183. The van der Waals surface area contributed by atoms with Crippen LogP contribution in [0.1, 0.15) is 13.8 Å². The molecule has 5 nitrogen and oxygen atoms in total. The second kappa shape index (κ2) is 6.80. The Labute approximate surface area is 78.6 Å². The molecule has 0 bridgehead atoms. The number of rotatable bonds is 5. The molecule has 1 N–H and O–H groups in total. The highest BCUT2D eigenvalue weighted by Crippen LogP contribution is 2.16. The van der Waals surface area contributed by atoms with Crippen LogP contribution in [0.5, 0.6) is 0 Å². The monoisotopic (exact) mass is 208 g/mol. The first kappa shape index (κ1) is 12.3. The van der Waals surface area contributed by atoms with Gasteiger partial charge in [-0.15, -0.1) is 0 Å². The number of hydrogen-bond acceptors (Lipinski definition) is 4. The summed E-state index contributed by atoms with van der Waals surface area (Å²) < 4.78 is 20.4. The van der Waals surface area contributed by atoms with Gasteiger partial charge in [0.2, 0.25) is 12.6 Å². The summed E-state index contributed by atoms with van der Waals surface area (Å²) in [4.78, 5) is 10.9. The Morgan fingerprint density at radius 2 is 2.15 bits per heavy atom. The first-order valence-corrected chi connectivity index (χ1v) is 5.54.